The van der Waals surface area contributed by atoms with Gasteiger partial charge in [-0.1, -0.05) is 13.8 Å². The van der Waals surface area contributed by atoms with Gasteiger partial charge in [0.15, 0.2) is 0 Å². The standard InChI is InChI=1S/C9H17N3/c1-3-4-12-7-9(6-11-12)8(2)5-10/h6-8H,3-5,10H2,1-2H3. The van der Waals surface area contributed by atoms with E-state index in [0.29, 0.717) is 12.5 Å². The number of nitrogens with two attached hydrogens (primary N) is 1. The third-order valence-electron chi connectivity index (χ3n) is 2.03. The number of hydrogen-bond donors (Lipinski definition) is 1. The van der Waals surface area contributed by atoms with Crippen molar-refractivity contribution in [3.05, 3.63) is 18.0 Å². The van der Waals surface area contributed by atoms with Gasteiger partial charge in [0.1, 0.15) is 0 Å². The summed E-state index contributed by atoms with van der Waals surface area (Å²) in [5.74, 6) is 0.426. The van der Waals surface area contributed by atoms with Crippen LogP contribution in [0.2, 0.25) is 0 Å². The predicted molar refractivity (Wildman–Crippen MR) is 50.0 cm³/mol. The van der Waals surface area contributed by atoms with Gasteiger partial charge in [-0.25, -0.2) is 0 Å². The van der Waals surface area contributed by atoms with Crippen LogP contribution in [0.1, 0.15) is 31.7 Å². The summed E-state index contributed by atoms with van der Waals surface area (Å²) in [6.45, 7) is 5.95. The molecule has 0 fully saturated rings. The van der Waals surface area contributed by atoms with Crippen LogP contribution in [-0.2, 0) is 6.54 Å². The van der Waals surface area contributed by atoms with Gasteiger partial charge in [-0.05, 0) is 24.4 Å². The van der Waals surface area contributed by atoms with Crippen molar-refractivity contribution in [1.29, 1.82) is 0 Å². The summed E-state index contributed by atoms with van der Waals surface area (Å²) in [5, 5.41) is 4.24. The quantitative estimate of drug-likeness (QED) is 0.735. The molecule has 68 valence electrons. The Bertz CT molecular complexity index is 229. The van der Waals surface area contributed by atoms with E-state index in [1.807, 2.05) is 10.9 Å². The maximum Gasteiger partial charge on any atom is 0.0524 e. The molecule has 0 bridgehead atoms. The van der Waals surface area contributed by atoms with E-state index in [2.05, 4.69) is 25.1 Å². The monoisotopic (exact) mass is 167 g/mol. The molecule has 0 amide bonds. The van der Waals surface area contributed by atoms with Crippen LogP contribution in [0.3, 0.4) is 0 Å². The highest BCUT2D eigenvalue weighted by Crippen LogP contribution is 2.11. The third-order valence-corrected chi connectivity index (χ3v) is 2.03. The van der Waals surface area contributed by atoms with E-state index in [4.69, 9.17) is 5.73 Å². The molecule has 1 atom stereocenters. The maximum absolute atomic E-state index is 5.55. The average molecular weight is 167 g/mol. The van der Waals surface area contributed by atoms with Gasteiger partial charge in [-0.3, -0.25) is 4.68 Å². The molecule has 3 nitrogen and oxygen atoms in total. The zero-order chi connectivity index (χ0) is 8.97. The van der Waals surface area contributed by atoms with Crippen molar-refractivity contribution in [2.75, 3.05) is 6.54 Å². The summed E-state index contributed by atoms with van der Waals surface area (Å²) in [6.07, 6.45) is 5.12. The molecule has 1 heterocycles. The molecule has 3 heteroatoms. The molecule has 0 saturated carbocycles. The molecule has 0 aliphatic heterocycles. The first kappa shape index (κ1) is 9.26. The van der Waals surface area contributed by atoms with E-state index >= 15 is 0 Å². The maximum atomic E-state index is 5.55. The van der Waals surface area contributed by atoms with Gasteiger partial charge in [0.05, 0.1) is 6.20 Å². The van der Waals surface area contributed by atoms with Crippen LogP contribution in [-0.4, -0.2) is 16.3 Å². The summed E-state index contributed by atoms with van der Waals surface area (Å²) in [6, 6.07) is 0. The van der Waals surface area contributed by atoms with Crippen LogP contribution < -0.4 is 5.73 Å². The van der Waals surface area contributed by atoms with Crippen LogP contribution in [0.4, 0.5) is 0 Å². The zero-order valence-corrected chi connectivity index (χ0v) is 7.83. The number of aryl methyl sites for hydroxylation is 1. The molecule has 2 N–H and O–H groups in total. The fraction of sp³-hybridized carbons (Fsp3) is 0.667. The first-order chi connectivity index (χ1) is 5.77. The fourth-order valence-electron chi connectivity index (χ4n) is 1.12. The van der Waals surface area contributed by atoms with Gasteiger partial charge in [-0.15, -0.1) is 0 Å². The Morgan fingerprint density at radius 3 is 3.00 bits per heavy atom. The van der Waals surface area contributed by atoms with Crippen LogP contribution in [0.5, 0.6) is 0 Å². The fourth-order valence-corrected chi connectivity index (χ4v) is 1.12. The van der Waals surface area contributed by atoms with Crippen LogP contribution in [0.15, 0.2) is 12.4 Å². The number of aromatic nitrogens is 2. The van der Waals surface area contributed by atoms with Crippen LogP contribution in [0, 0.1) is 0 Å². The highest BCUT2D eigenvalue weighted by atomic mass is 15.3. The normalized spacial score (nSPS) is 13.2. The summed E-state index contributed by atoms with van der Waals surface area (Å²) < 4.78 is 1.97. The Morgan fingerprint density at radius 2 is 2.42 bits per heavy atom. The lowest BCUT2D eigenvalue weighted by Gasteiger charge is -2.03. The van der Waals surface area contributed by atoms with E-state index in [-0.39, 0.29) is 0 Å². The first-order valence-corrected chi connectivity index (χ1v) is 4.50. The van der Waals surface area contributed by atoms with E-state index in [0.717, 1.165) is 13.0 Å². The molecule has 0 spiro atoms. The average Bonchev–Trinajstić information content (AvgIpc) is 2.52. The van der Waals surface area contributed by atoms with E-state index in [1.165, 1.54) is 5.56 Å². The van der Waals surface area contributed by atoms with Crippen molar-refractivity contribution in [3.63, 3.8) is 0 Å². The smallest absolute Gasteiger partial charge is 0.0524 e. The molecule has 1 unspecified atom stereocenters. The minimum Gasteiger partial charge on any atom is -0.330 e. The zero-order valence-electron chi connectivity index (χ0n) is 7.83. The lowest BCUT2D eigenvalue weighted by atomic mass is 10.1. The van der Waals surface area contributed by atoms with Gasteiger partial charge in [0, 0.05) is 12.7 Å². The molecule has 0 saturated heterocycles. The largest absolute Gasteiger partial charge is 0.330 e. The molecule has 0 aliphatic carbocycles. The number of hydrogen-bond acceptors (Lipinski definition) is 2. The Balaban J connectivity index is 2.63. The van der Waals surface area contributed by atoms with E-state index in [1.54, 1.807) is 0 Å². The van der Waals surface area contributed by atoms with Crippen molar-refractivity contribution in [2.45, 2.75) is 32.7 Å². The van der Waals surface area contributed by atoms with Crippen molar-refractivity contribution in [2.24, 2.45) is 5.73 Å². The van der Waals surface area contributed by atoms with Gasteiger partial charge < -0.3 is 5.73 Å². The Labute approximate surface area is 73.6 Å². The Kier molecular flexibility index (Phi) is 3.29. The molecular weight excluding hydrogens is 150 g/mol. The molecule has 1 rings (SSSR count). The number of nitrogens with zero attached hydrogens (tertiary/aromatic N) is 2. The second kappa shape index (κ2) is 4.26. The molecule has 0 radical (unpaired) electrons. The molecule has 0 aromatic carbocycles. The van der Waals surface area contributed by atoms with E-state index in [9.17, 15) is 0 Å². The van der Waals surface area contributed by atoms with Crippen LogP contribution in [0.25, 0.3) is 0 Å². The van der Waals surface area contributed by atoms with Crippen LogP contribution >= 0.6 is 0 Å². The summed E-state index contributed by atoms with van der Waals surface area (Å²) in [5.41, 5.74) is 6.79. The SMILES string of the molecule is CCCn1cc(C(C)CN)cn1. The van der Waals surface area contributed by atoms with E-state index < -0.39 is 0 Å². The van der Waals surface area contributed by atoms with Crippen molar-refractivity contribution in [1.82, 2.24) is 9.78 Å². The highest BCUT2D eigenvalue weighted by molar-refractivity contribution is 5.10. The summed E-state index contributed by atoms with van der Waals surface area (Å²) >= 11 is 0. The summed E-state index contributed by atoms with van der Waals surface area (Å²) in [4.78, 5) is 0. The molecule has 1 aromatic rings. The minimum atomic E-state index is 0.426. The highest BCUT2D eigenvalue weighted by Gasteiger charge is 2.04. The first-order valence-electron chi connectivity index (χ1n) is 4.50. The molecule has 1 aromatic heterocycles. The molecular formula is C9H17N3. The predicted octanol–water partition coefficient (Wildman–Crippen LogP) is 1.36. The molecule has 0 aliphatic rings. The van der Waals surface area contributed by atoms with Gasteiger partial charge in [0.25, 0.3) is 0 Å². The van der Waals surface area contributed by atoms with Gasteiger partial charge >= 0.3 is 0 Å². The second-order valence-corrected chi connectivity index (χ2v) is 3.17. The number of rotatable bonds is 4. The topological polar surface area (TPSA) is 43.8 Å². The Morgan fingerprint density at radius 1 is 1.67 bits per heavy atom. The van der Waals surface area contributed by atoms with Crippen molar-refractivity contribution < 1.29 is 0 Å². The van der Waals surface area contributed by atoms with Gasteiger partial charge in [0.2, 0.25) is 0 Å². The second-order valence-electron chi connectivity index (χ2n) is 3.17. The lowest BCUT2D eigenvalue weighted by Crippen LogP contribution is -2.08. The van der Waals surface area contributed by atoms with Crippen molar-refractivity contribution >= 4 is 0 Å². The van der Waals surface area contributed by atoms with Crippen molar-refractivity contribution in [3.8, 4) is 0 Å². The third kappa shape index (κ3) is 2.08. The van der Waals surface area contributed by atoms with Gasteiger partial charge in [-0.2, -0.15) is 5.10 Å². The summed E-state index contributed by atoms with van der Waals surface area (Å²) in [7, 11) is 0. The Hall–Kier alpha value is -0.830. The molecule has 12 heavy (non-hydrogen) atoms. The lowest BCUT2D eigenvalue weighted by molar-refractivity contribution is 0.601. The minimum absolute atomic E-state index is 0.426.